The monoisotopic (exact) mass is 282 g/mol. The maximum absolute atomic E-state index is 10.9. The van der Waals surface area contributed by atoms with Crippen LogP contribution in [-0.2, 0) is 6.61 Å². The molecular weight excluding hydrogens is 272 g/mol. The number of rotatable bonds is 5. The zero-order valence-electron chi connectivity index (χ0n) is 10.9. The Kier molecular flexibility index (Phi) is 4.26. The lowest BCUT2D eigenvalue weighted by molar-refractivity contribution is -0.384. The third kappa shape index (κ3) is 3.22. The second-order valence-corrected chi connectivity index (χ2v) is 4.15. The molecule has 0 atom stereocenters. The first kappa shape index (κ1) is 14.2. The number of nitro benzene ring substituents is 1. The highest BCUT2D eigenvalue weighted by Crippen LogP contribution is 2.21. The average Bonchev–Trinajstić information content (AvgIpc) is 2.52. The molecule has 2 rings (SSSR count). The van der Waals surface area contributed by atoms with Crippen molar-refractivity contribution in [2.24, 2.45) is 0 Å². The van der Waals surface area contributed by atoms with Gasteiger partial charge in [-0.25, -0.2) is 0 Å². The van der Waals surface area contributed by atoms with Crippen LogP contribution >= 0.6 is 0 Å². The average molecular weight is 282 g/mol. The molecule has 0 fully saturated rings. The van der Waals surface area contributed by atoms with Crippen molar-refractivity contribution in [1.82, 2.24) is 0 Å². The van der Waals surface area contributed by atoms with E-state index in [-0.39, 0.29) is 17.9 Å². The maximum atomic E-state index is 10.9. The van der Waals surface area contributed by atoms with Gasteiger partial charge in [-0.2, -0.15) is 5.26 Å². The van der Waals surface area contributed by atoms with Crippen molar-refractivity contribution in [1.29, 1.82) is 5.26 Å². The molecule has 2 aromatic rings. The summed E-state index contributed by atoms with van der Waals surface area (Å²) in [5, 5.41) is 19.7. The van der Waals surface area contributed by atoms with E-state index in [1.807, 2.05) is 6.07 Å². The molecule has 6 nitrogen and oxygen atoms in total. The van der Waals surface area contributed by atoms with E-state index < -0.39 is 4.92 Å². The van der Waals surface area contributed by atoms with Gasteiger partial charge in [-0.3, -0.25) is 14.9 Å². The van der Waals surface area contributed by atoms with Gasteiger partial charge in [0, 0.05) is 17.7 Å². The third-order valence-electron chi connectivity index (χ3n) is 2.85. The zero-order valence-corrected chi connectivity index (χ0v) is 10.9. The lowest BCUT2D eigenvalue weighted by Gasteiger charge is -2.09. The molecule has 6 heteroatoms. The maximum Gasteiger partial charge on any atom is 0.270 e. The summed E-state index contributed by atoms with van der Waals surface area (Å²) in [6.07, 6.45) is 0.677. The molecule has 0 N–H and O–H groups in total. The number of nitriles is 1. The van der Waals surface area contributed by atoms with Crippen LogP contribution in [0.4, 0.5) is 5.69 Å². The van der Waals surface area contributed by atoms with Gasteiger partial charge in [0.15, 0.2) is 6.29 Å². The molecule has 104 valence electrons. The number of nitro groups is 1. The number of carbonyl (C=O) groups is 1. The van der Waals surface area contributed by atoms with E-state index in [0.717, 1.165) is 0 Å². The highest BCUT2D eigenvalue weighted by atomic mass is 16.6. The number of carbonyl (C=O) groups excluding carboxylic acids is 1. The van der Waals surface area contributed by atoms with Gasteiger partial charge in [0.1, 0.15) is 12.4 Å². The molecule has 0 radical (unpaired) electrons. The first-order valence-corrected chi connectivity index (χ1v) is 6.00. The molecule has 21 heavy (non-hydrogen) atoms. The van der Waals surface area contributed by atoms with Crippen LogP contribution in [0.3, 0.4) is 0 Å². The van der Waals surface area contributed by atoms with Gasteiger partial charge >= 0.3 is 0 Å². The minimum atomic E-state index is -0.562. The Morgan fingerprint density at radius 3 is 2.71 bits per heavy atom. The Morgan fingerprint density at radius 2 is 2.05 bits per heavy atom. The summed E-state index contributed by atoms with van der Waals surface area (Å²) in [6, 6.07) is 12.6. The Hall–Kier alpha value is -3.20. The molecule has 0 bridgehead atoms. The number of para-hydroxylation sites is 1. The fourth-order valence-corrected chi connectivity index (χ4v) is 1.77. The van der Waals surface area contributed by atoms with E-state index in [9.17, 15) is 14.9 Å². The summed E-state index contributed by atoms with van der Waals surface area (Å²) in [5.74, 6) is 0.398. The van der Waals surface area contributed by atoms with Gasteiger partial charge in [0.25, 0.3) is 5.69 Å². The SMILES string of the molecule is N#Cc1cc([N+](=O)[O-])ccc1COc1ccccc1C=O. The van der Waals surface area contributed by atoms with Gasteiger partial charge in [0.2, 0.25) is 0 Å². The van der Waals surface area contributed by atoms with E-state index in [0.29, 0.717) is 23.2 Å². The predicted molar refractivity (Wildman–Crippen MR) is 74.0 cm³/mol. The van der Waals surface area contributed by atoms with Crippen molar-refractivity contribution in [3.8, 4) is 11.8 Å². The van der Waals surface area contributed by atoms with E-state index in [4.69, 9.17) is 10.00 Å². The fraction of sp³-hybridized carbons (Fsp3) is 0.0667. The number of nitrogens with zero attached hydrogens (tertiary/aromatic N) is 2. The zero-order chi connectivity index (χ0) is 15.2. The van der Waals surface area contributed by atoms with Gasteiger partial charge < -0.3 is 4.74 Å². The van der Waals surface area contributed by atoms with Crippen LogP contribution in [0.1, 0.15) is 21.5 Å². The van der Waals surface area contributed by atoms with Crippen molar-refractivity contribution in [3.63, 3.8) is 0 Å². The van der Waals surface area contributed by atoms with Crippen LogP contribution in [0.5, 0.6) is 5.75 Å². The topological polar surface area (TPSA) is 93.2 Å². The molecule has 0 saturated heterocycles. The number of ether oxygens (including phenoxy) is 1. The second kappa shape index (κ2) is 6.30. The molecule has 0 aliphatic heterocycles. The molecule has 2 aromatic carbocycles. The van der Waals surface area contributed by atoms with Crippen molar-refractivity contribution < 1.29 is 14.5 Å². The minimum absolute atomic E-state index is 0.0474. The highest BCUT2D eigenvalue weighted by molar-refractivity contribution is 5.79. The Morgan fingerprint density at radius 1 is 1.29 bits per heavy atom. The van der Waals surface area contributed by atoms with Crippen molar-refractivity contribution >= 4 is 12.0 Å². The van der Waals surface area contributed by atoms with Crippen molar-refractivity contribution in [3.05, 3.63) is 69.3 Å². The van der Waals surface area contributed by atoms with Gasteiger partial charge in [0.05, 0.1) is 22.1 Å². The molecule has 0 spiro atoms. The Labute approximate surface area is 120 Å². The van der Waals surface area contributed by atoms with Crippen LogP contribution in [0, 0.1) is 21.4 Å². The first-order chi connectivity index (χ1) is 10.2. The number of hydrogen-bond donors (Lipinski definition) is 0. The summed E-state index contributed by atoms with van der Waals surface area (Å²) in [6.45, 7) is 0.0474. The second-order valence-electron chi connectivity index (χ2n) is 4.15. The molecule has 0 aliphatic carbocycles. The lowest BCUT2D eigenvalue weighted by atomic mass is 10.1. The molecular formula is C15H10N2O4. The van der Waals surface area contributed by atoms with E-state index in [1.165, 1.54) is 18.2 Å². The van der Waals surface area contributed by atoms with E-state index in [2.05, 4.69) is 0 Å². The highest BCUT2D eigenvalue weighted by Gasteiger charge is 2.11. The van der Waals surface area contributed by atoms with Crippen LogP contribution in [0.25, 0.3) is 0 Å². The van der Waals surface area contributed by atoms with Crippen LogP contribution in [-0.4, -0.2) is 11.2 Å². The summed E-state index contributed by atoms with van der Waals surface area (Å²) in [5.41, 5.74) is 0.943. The minimum Gasteiger partial charge on any atom is -0.488 e. The molecule has 0 amide bonds. The number of aldehydes is 1. The summed E-state index contributed by atoms with van der Waals surface area (Å²) in [4.78, 5) is 21.0. The van der Waals surface area contributed by atoms with Gasteiger partial charge in [-0.15, -0.1) is 0 Å². The normalized spacial score (nSPS) is 9.67. The van der Waals surface area contributed by atoms with Crippen LogP contribution < -0.4 is 4.74 Å². The van der Waals surface area contributed by atoms with Gasteiger partial charge in [-0.05, 0) is 18.2 Å². The van der Waals surface area contributed by atoms with Gasteiger partial charge in [-0.1, -0.05) is 12.1 Å². The lowest BCUT2D eigenvalue weighted by Crippen LogP contribution is -2.01. The van der Waals surface area contributed by atoms with Crippen molar-refractivity contribution in [2.75, 3.05) is 0 Å². The largest absolute Gasteiger partial charge is 0.488 e. The summed E-state index contributed by atoms with van der Waals surface area (Å²) >= 11 is 0. The molecule has 0 unspecified atom stereocenters. The van der Waals surface area contributed by atoms with E-state index in [1.54, 1.807) is 24.3 Å². The molecule has 0 aromatic heterocycles. The third-order valence-corrected chi connectivity index (χ3v) is 2.85. The molecule has 0 saturated carbocycles. The number of benzene rings is 2. The van der Waals surface area contributed by atoms with Crippen LogP contribution in [0.15, 0.2) is 42.5 Å². The Balaban J connectivity index is 2.22. The molecule has 0 aliphatic rings. The first-order valence-electron chi connectivity index (χ1n) is 6.00. The van der Waals surface area contributed by atoms with E-state index >= 15 is 0 Å². The molecule has 0 heterocycles. The predicted octanol–water partition coefficient (Wildman–Crippen LogP) is 2.86. The standard InChI is InChI=1S/C15H10N2O4/c16-8-13-7-14(17(19)20)6-5-12(13)10-21-15-4-2-1-3-11(15)9-18/h1-7,9H,10H2. The summed E-state index contributed by atoms with van der Waals surface area (Å²) < 4.78 is 5.50. The Bertz CT molecular complexity index is 735. The van der Waals surface area contributed by atoms with Crippen LogP contribution in [0.2, 0.25) is 0 Å². The quantitative estimate of drug-likeness (QED) is 0.477. The number of non-ortho nitro benzene ring substituents is 1. The smallest absolute Gasteiger partial charge is 0.270 e. The van der Waals surface area contributed by atoms with Crippen molar-refractivity contribution in [2.45, 2.75) is 6.61 Å². The fourth-order valence-electron chi connectivity index (χ4n) is 1.77. The number of hydrogen-bond acceptors (Lipinski definition) is 5. The summed E-state index contributed by atoms with van der Waals surface area (Å²) in [7, 11) is 0.